The van der Waals surface area contributed by atoms with E-state index in [1.165, 1.54) is 19.3 Å². The second-order valence-electron chi connectivity index (χ2n) is 5.66. The highest BCUT2D eigenvalue weighted by Crippen LogP contribution is 2.28. The number of hydrogen-bond acceptors (Lipinski definition) is 2. The number of carbonyl (C=O) groups excluding carboxylic acids is 1. The molecule has 0 spiro atoms. The lowest BCUT2D eigenvalue weighted by atomic mass is 9.85. The Morgan fingerprint density at radius 1 is 1.38 bits per heavy atom. The van der Waals surface area contributed by atoms with Gasteiger partial charge in [0, 0.05) is 18.5 Å². The third-order valence-electron chi connectivity index (χ3n) is 4.29. The summed E-state index contributed by atoms with van der Waals surface area (Å²) in [5.41, 5.74) is 0.444. The zero-order chi connectivity index (χ0) is 14.8. The van der Waals surface area contributed by atoms with Crippen LogP contribution in [0.25, 0.3) is 10.8 Å². The van der Waals surface area contributed by atoms with E-state index in [9.17, 15) is 4.79 Å². The number of amides is 1. The molecule has 1 heterocycles. The summed E-state index contributed by atoms with van der Waals surface area (Å²) in [5.74, 6) is 0.641. The van der Waals surface area contributed by atoms with Gasteiger partial charge >= 0.3 is 0 Å². The van der Waals surface area contributed by atoms with Crippen LogP contribution in [0, 0.1) is 5.92 Å². The van der Waals surface area contributed by atoms with Gasteiger partial charge in [-0.2, -0.15) is 0 Å². The van der Waals surface area contributed by atoms with Crippen LogP contribution in [-0.4, -0.2) is 28.9 Å². The van der Waals surface area contributed by atoms with Crippen molar-refractivity contribution < 1.29 is 4.79 Å². The normalized spacial score (nSPS) is 15.0. The molecule has 1 aromatic carbocycles. The van der Waals surface area contributed by atoms with Crippen molar-refractivity contribution in [2.75, 3.05) is 13.1 Å². The number of rotatable bonds is 4. The van der Waals surface area contributed by atoms with Crippen LogP contribution >= 0.6 is 11.6 Å². The molecular formula is C17H19ClN2O. The number of carbonyl (C=O) groups is 1. The van der Waals surface area contributed by atoms with E-state index < -0.39 is 0 Å². The number of benzene rings is 1. The Kier molecular flexibility index (Phi) is 4.11. The summed E-state index contributed by atoms with van der Waals surface area (Å²) < 4.78 is 0. The predicted molar refractivity (Wildman–Crippen MR) is 85.7 cm³/mol. The Bertz CT molecular complexity index is 667. The third-order valence-corrected chi connectivity index (χ3v) is 4.57. The molecule has 4 heteroatoms. The van der Waals surface area contributed by atoms with Crippen molar-refractivity contribution >= 4 is 28.3 Å². The van der Waals surface area contributed by atoms with Crippen LogP contribution in [0.4, 0.5) is 0 Å². The summed E-state index contributed by atoms with van der Waals surface area (Å²) in [5, 5.41) is 2.24. The van der Waals surface area contributed by atoms with Crippen molar-refractivity contribution in [3.05, 3.63) is 41.2 Å². The Hall–Kier alpha value is -1.61. The summed E-state index contributed by atoms with van der Waals surface area (Å²) in [6.45, 7) is 3.56. The molecule has 2 aromatic rings. The van der Waals surface area contributed by atoms with E-state index in [1.807, 2.05) is 42.2 Å². The molecule has 1 saturated carbocycles. The summed E-state index contributed by atoms with van der Waals surface area (Å²) in [4.78, 5) is 18.8. The van der Waals surface area contributed by atoms with Crippen LogP contribution in [0.5, 0.6) is 0 Å². The van der Waals surface area contributed by atoms with E-state index in [1.54, 1.807) is 0 Å². The number of halogens is 1. The molecule has 1 aromatic heterocycles. The SMILES string of the molecule is CCN(CC1CCC1)C(=O)c1cc2ccccc2c(Cl)n1. The van der Waals surface area contributed by atoms with Crippen molar-refractivity contribution in [1.82, 2.24) is 9.88 Å². The van der Waals surface area contributed by atoms with Gasteiger partial charge in [-0.1, -0.05) is 42.3 Å². The molecule has 0 radical (unpaired) electrons. The average Bonchev–Trinajstić information content (AvgIpc) is 2.46. The maximum Gasteiger partial charge on any atom is 0.272 e. The van der Waals surface area contributed by atoms with E-state index in [2.05, 4.69) is 4.98 Å². The van der Waals surface area contributed by atoms with Crippen LogP contribution in [0.1, 0.15) is 36.7 Å². The van der Waals surface area contributed by atoms with Crippen molar-refractivity contribution in [1.29, 1.82) is 0 Å². The molecule has 21 heavy (non-hydrogen) atoms. The summed E-state index contributed by atoms with van der Waals surface area (Å²) in [6.07, 6.45) is 3.75. The third kappa shape index (κ3) is 2.88. The minimum atomic E-state index is -0.0166. The molecule has 3 rings (SSSR count). The molecule has 0 bridgehead atoms. The lowest BCUT2D eigenvalue weighted by molar-refractivity contribution is 0.0701. The van der Waals surface area contributed by atoms with E-state index in [-0.39, 0.29) is 5.91 Å². The first-order chi connectivity index (χ1) is 10.2. The summed E-state index contributed by atoms with van der Waals surface area (Å²) in [7, 11) is 0. The molecule has 1 aliphatic rings. The molecule has 0 N–H and O–H groups in total. The monoisotopic (exact) mass is 302 g/mol. The van der Waals surface area contributed by atoms with Gasteiger partial charge in [-0.25, -0.2) is 4.98 Å². The van der Waals surface area contributed by atoms with Gasteiger partial charge in [0.1, 0.15) is 10.8 Å². The van der Waals surface area contributed by atoms with Crippen LogP contribution in [0.2, 0.25) is 5.15 Å². The first kappa shape index (κ1) is 14.3. The second-order valence-corrected chi connectivity index (χ2v) is 6.02. The Morgan fingerprint density at radius 3 is 2.81 bits per heavy atom. The largest absolute Gasteiger partial charge is 0.337 e. The zero-order valence-corrected chi connectivity index (χ0v) is 12.9. The van der Waals surface area contributed by atoms with E-state index in [0.717, 1.165) is 17.3 Å². The Balaban J connectivity index is 1.88. The number of nitrogens with zero attached hydrogens (tertiary/aromatic N) is 2. The fraction of sp³-hybridized carbons (Fsp3) is 0.412. The van der Waals surface area contributed by atoms with Gasteiger partial charge in [-0.15, -0.1) is 0 Å². The van der Waals surface area contributed by atoms with Crippen LogP contribution in [0.3, 0.4) is 0 Å². The molecule has 0 unspecified atom stereocenters. The Morgan fingerprint density at radius 2 is 2.14 bits per heavy atom. The highest BCUT2D eigenvalue weighted by molar-refractivity contribution is 6.34. The number of pyridine rings is 1. The minimum Gasteiger partial charge on any atom is -0.337 e. The first-order valence-corrected chi connectivity index (χ1v) is 7.91. The van der Waals surface area contributed by atoms with Crippen molar-refractivity contribution in [2.45, 2.75) is 26.2 Å². The highest BCUT2D eigenvalue weighted by atomic mass is 35.5. The lowest BCUT2D eigenvalue weighted by Gasteiger charge is -2.31. The van der Waals surface area contributed by atoms with Crippen LogP contribution in [0.15, 0.2) is 30.3 Å². The second kappa shape index (κ2) is 6.02. The number of hydrogen-bond donors (Lipinski definition) is 0. The van der Waals surface area contributed by atoms with E-state index in [0.29, 0.717) is 23.3 Å². The smallest absolute Gasteiger partial charge is 0.272 e. The standard InChI is InChI=1S/C17H19ClN2O/c1-2-20(11-12-6-5-7-12)17(21)15-10-13-8-3-4-9-14(13)16(18)19-15/h3-4,8-10,12H,2,5-7,11H2,1H3. The van der Waals surface area contributed by atoms with E-state index >= 15 is 0 Å². The molecule has 1 amide bonds. The van der Waals surface area contributed by atoms with Gasteiger partial charge in [0.15, 0.2) is 0 Å². The minimum absolute atomic E-state index is 0.0166. The van der Waals surface area contributed by atoms with Crippen molar-refractivity contribution in [3.8, 4) is 0 Å². The fourth-order valence-corrected chi connectivity index (χ4v) is 3.03. The summed E-state index contributed by atoms with van der Waals surface area (Å²) >= 11 is 6.22. The van der Waals surface area contributed by atoms with Crippen molar-refractivity contribution in [2.24, 2.45) is 5.92 Å². The molecule has 0 saturated heterocycles. The molecule has 1 aliphatic carbocycles. The maximum absolute atomic E-state index is 12.7. The molecule has 3 nitrogen and oxygen atoms in total. The molecular weight excluding hydrogens is 284 g/mol. The topological polar surface area (TPSA) is 33.2 Å². The van der Waals surface area contributed by atoms with Crippen LogP contribution in [-0.2, 0) is 0 Å². The van der Waals surface area contributed by atoms with E-state index in [4.69, 9.17) is 11.6 Å². The fourth-order valence-electron chi connectivity index (χ4n) is 2.77. The lowest BCUT2D eigenvalue weighted by Crippen LogP contribution is -2.37. The number of aromatic nitrogens is 1. The van der Waals surface area contributed by atoms with Gasteiger partial charge in [0.05, 0.1) is 0 Å². The van der Waals surface area contributed by atoms with Gasteiger partial charge in [0.25, 0.3) is 5.91 Å². The highest BCUT2D eigenvalue weighted by Gasteiger charge is 2.24. The quantitative estimate of drug-likeness (QED) is 0.795. The Labute approximate surface area is 129 Å². The van der Waals surface area contributed by atoms with Gasteiger partial charge in [-0.3, -0.25) is 4.79 Å². The predicted octanol–water partition coefficient (Wildman–Crippen LogP) is 4.15. The van der Waals surface area contributed by atoms with Gasteiger partial charge in [0.2, 0.25) is 0 Å². The maximum atomic E-state index is 12.7. The van der Waals surface area contributed by atoms with Gasteiger partial charge in [-0.05, 0) is 37.1 Å². The summed E-state index contributed by atoms with van der Waals surface area (Å²) in [6, 6.07) is 9.59. The molecule has 1 fully saturated rings. The first-order valence-electron chi connectivity index (χ1n) is 7.53. The van der Waals surface area contributed by atoms with Gasteiger partial charge < -0.3 is 4.90 Å². The number of fused-ring (bicyclic) bond motifs is 1. The molecule has 0 aliphatic heterocycles. The average molecular weight is 303 g/mol. The van der Waals surface area contributed by atoms with Crippen molar-refractivity contribution in [3.63, 3.8) is 0 Å². The zero-order valence-electron chi connectivity index (χ0n) is 12.2. The molecule has 110 valence electrons. The van der Waals surface area contributed by atoms with Crippen LogP contribution < -0.4 is 0 Å². The molecule has 0 atom stereocenters.